The molecular weight excluding hydrogens is 356 g/mol. The SMILES string of the molecule is CCOc1cc(NC2CCN(C(=O)c3ccn(C4CCCC4)n3)CC2)ncn1. The van der Waals surface area contributed by atoms with Gasteiger partial charge in [-0.3, -0.25) is 9.48 Å². The van der Waals surface area contributed by atoms with Crippen LogP contribution < -0.4 is 10.1 Å². The Kier molecular flexibility index (Phi) is 5.73. The molecule has 150 valence electrons. The minimum Gasteiger partial charge on any atom is -0.478 e. The summed E-state index contributed by atoms with van der Waals surface area (Å²) in [5.41, 5.74) is 0.565. The average Bonchev–Trinajstić information content (AvgIpc) is 3.40. The van der Waals surface area contributed by atoms with E-state index in [4.69, 9.17) is 4.74 Å². The zero-order chi connectivity index (χ0) is 19.3. The maximum Gasteiger partial charge on any atom is 0.274 e. The molecule has 0 aromatic carbocycles. The summed E-state index contributed by atoms with van der Waals surface area (Å²) in [5, 5.41) is 7.99. The molecule has 28 heavy (non-hydrogen) atoms. The second kappa shape index (κ2) is 8.58. The molecule has 2 aromatic heterocycles. The Morgan fingerprint density at radius 1 is 1.21 bits per heavy atom. The molecule has 8 nitrogen and oxygen atoms in total. The molecule has 3 heterocycles. The van der Waals surface area contributed by atoms with E-state index in [0.29, 0.717) is 24.2 Å². The number of likely N-dealkylation sites (tertiary alicyclic amines) is 1. The normalized spacial score (nSPS) is 18.4. The maximum absolute atomic E-state index is 12.8. The third kappa shape index (κ3) is 4.26. The second-order valence-corrected chi connectivity index (χ2v) is 7.50. The summed E-state index contributed by atoms with van der Waals surface area (Å²) in [6.45, 7) is 3.94. The standard InChI is InChI=1S/C20H28N6O2/c1-2-28-19-13-18(21-14-22-19)23-15-7-10-25(11-8-15)20(27)17-9-12-26(24-17)16-5-3-4-6-16/h9,12-16H,2-8,10-11H2,1H3,(H,21,22,23). The number of hydrogen-bond donors (Lipinski definition) is 1. The van der Waals surface area contributed by atoms with Gasteiger partial charge in [-0.15, -0.1) is 0 Å². The van der Waals surface area contributed by atoms with Crippen LogP contribution in [0.1, 0.15) is 62.0 Å². The fraction of sp³-hybridized carbons (Fsp3) is 0.600. The van der Waals surface area contributed by atoms with Gasteiger partial charge in [-0.05, 0) is 38.7 Å². The molecule has 4 rings (SSSR count). The van der Waals surface area contributed by atoms with Crippen molar-refractivity contribution in [3.63, 3.8) is 0 Å². The van der Waals surface area contributed by atoms with Crippen LogP contribution in [0, 0.1) is 0 Å². The molecule has 0 spiro atoms. The van der Waals surface area contributed by atoms with Crippen molar-refractivity contribution in [2.24, 2.45) is 0 Å². The number of carbonyl (C=O) groups excluding carboxylic acids is 1. The van der Waals surface area contributed by atoms with Gasteiger partial charge in [0.15, 0.2) is 0 Å². The Hall–Kier alpha value is -2.64. The summed E-state index contributed by atoms with van der Waals surface area (Å²) in [6.07, 6.45) is 10.1. The van der Waals surface area contributed by atoms with Crippen molar-refractivity contribution in [1.29, 1.82) is 0 Å². The zero-order valence-corrected chi connectivity index (χ0v) is 16.4. The average molecular weight is 384 g/mol. The maximum atomic E-state index is 12.8. The Morgan fingerprint density at radius 3 is 2.75 bits per heavy atom. The highest BCUT2D eigenvalue weighted by Gasteiger charge is 2.26. The zero-order valence-electron chi connectivity index (χ0n) is 16.4. The Labute approximate surface area is 165 Å². The molecule has 2 fully saturated rings. The molecule has 1 N–H and O–H groups in total. The Balaban J connectivity index is 1.30. The van der Waals surface area contributed by atoms with E-state index in [1.807, 2.05) is 34.8 Å². The van der Waals surface area contributed by atoms with Crippen LogP contribution in [0.15, 0.2) is 24.7 Å². The smallest absolute Gasteiger partial charge is 0.274 e. The molecular formula is C20H28N6O2. The molecule has 0 bridgehead atoms. The van der Waals surface area contributed by atoms with Crippen molar-refractivity contribution < 1.29 is 9.53 Å². The topological polar surface area (TPSA) is 85.2 Å². The number of ether oxygens (including phenoxy) is 1. The first kappa shape index (κ1) is 18.7. The number of nitrogens with one attached hydrogen (secondary N) is 1. The number of amides is 1. The van der Waals surface area contributed by atoms with Crippen molar-refractivity contribution in [2.45, 2.75) is 57.5 Å². The van der Waals surface area contributed by atoms with Crippen molar-refractivity contribution in [3.8, 4) is 5.88 Å². The van der Waals surface area contributed by atoms with Gasteiger partial charge in [0.05, 0.1) is 12.6 Å². The fourth-order valence-electron chi connectivity index (χ4n) is 4.07. The van der Waals surface area contributed by atoms with Crippen LogP contribution in [0.2, 0.25) is 0 Å². The first-order chi connectivity index (χ1) is 13.7. The second-order valence-electron chi connectivity index (χ2n) is 7.50. The van der Waals surface area contributed by atoms with Crippen LogP contribution in [0.3, 0.4) is 0 Å². The van der Waals surface area contributed by atoms with Crippen LogP contribution in [0.5, 0.6) is 5.88 Å². The predicted molar refractivity (Wildman–Crippen MR) is 105 cm³/mol. The third-order valence-corrected chi connectivity index (χ3v) is 5.59. The van der Waals surface area contributed by atoms with Crippen molar-refractivity contribution in [3.05, 3.63) is 30.4 Å². The lowest BCUT2D eigenvalue weighted by Crippen LogP contribution is -2.42. The summed E-state index contributed by atoms with van der Waals surface area (Å²) in [6, 6.07) is 4.42. The summed E-state index contributed by atoms with van der Waals surface area (Å²) < 4.78 is 7.40. The lowest BCUT2D eigenvalue weighted by atomic mass is 10.0. The Bertz CT molecular complexity index is 793. The number of rotatable bonds is 6. The highest BCUT2D eigenvalue weighted by atomic mass is 16.5. The number of piperidine rings is 1. The number of aromatic nitrogens is 4. The molecule has 1 aliphatic heterocycles. The van der Waals surface area contributed by atoms with E-state index in [1.54, 1.807) is 0 Å². The fourth-order valence-corrected chi connectivity index (χ4v) is 4.07. The van der Waals surface area contributed by atoms with Gasteiger partial charge in [0.25, 0.3) is 5.91 Å². The molecule has 0 unspecified atom stereocenters. The van der Waals surface area contributed by atoms with Crippen LogP contribution in [-0.4, -0.2) is 56.3 Å². The van der Waals surface area contributed by atoms with E-state index < -0.39 is 0 Å². The lowest BCUT2D eigenvalue weighted by molar-refractivity contribution is 0.0711. The van der Waals surface area contributed by atoms with Crippen LogP contribution in [0.25, 0.3) is 0 Å². The molecule has 2 aromatic rings. The van der Waals surface area contributed by atoms with E-state index in [2.05, 4.69) is 20.4 Å². The van der Waals surface area contributed by atoms with E-state index in [0.717, 1.165) is 31.7 Å². The number of nitrogens with zero attached hydrogens (tertiary/aromatic N) is 5. The molecule has 1 saturated carbocycles. The van der Waals surface area contributed by atoms with Gasteiger partial charge in [0.1, 0.15) is 17.8 Å². The van der Waals surface area contributed by atoms with Crippen LogP contribution in [-0.2, 0) is 0 Å². The number of hydrogen-bond acceptors (Lipinski definition) is 6. The van der Waals surface area contributed by atoms with Gasteiger partial charge in [0.2, 0.25) is 5.88 Å². The van der Waals surface area contributed by atoms with E-state index in [-0.39, 0.29) is 11.9 Å². The van der Waals surface area contributed by atoms with Crippen LogP contribution >= 0.6 is 0 Å². The van der Waals surface area contributed by atoms with Crippen molar-refractivity contribution in [1.82, 2.24) is 24.6 Å². The van der Waals surface area contributed by atoms with Crippen molar-refractivity contribution >= 4 is 11.7 Å². The van der Waals surface area contributed by atoms with Gasteiger partial charge in [0, 0.05) is 31.4 Å². The summed E-state index contributed by atoms with van der Waals surface area (Å²) in [7, 11) is 0. The van der Waals surface area contributed by atoms with Gasteiger partial charge < -0.3 is 15.0 Å². The molecule has 1 amide bonds. The van der Waals surface area contributed by atoms with E-state index in [9.17, 15) is 4.79 Å². The minimum absolute atomic E-state index is 0.0378. The molecule has 0 atom stereocenters. The minimum atomic E-state index is 0.0378. The predicted octanol–water partition coefficient (Wildman–Crippen LogP) is 2.90. The summed E-state index contributed by atoms with van der Waals surface area (Å²) in [5.74, 6) is 1.37. The molecule has 0 radical (unpaired) electrons. The first-order valence-electron chi connectivity index (χ1n) is 10.3. The quantitative estimate of drug-likeness (QED) is 0.824. The van der Waals surface area contributed by atoms with Gasteiger partial charge in [-0.1, -0.05) is 12.8 Å². The molecule has 2 aliphatic rings. The highest BCUT2D eigenvalue weighted by molar-refractivity contribution is 5.92. The van der Waals surface area contributed by atoms with Gasteiger partial charge in [-0.25, -0.2) is 9.97 Å². The van der Waals surface area contributed by atoms with Crippen LogP contribution in [0.4, 0.5) is 5.82 Å². The molecule has 8 heteroatoms. The molecule has 1 saturated heterocycles. The highest BCUT2D eigenvalue weighted by Crippen LogP contribution is 2.29. The Morgan fingerprint density at radius 2 is 2.00 bits per heavy atom. The lowest BCUT2D eigenvalue weighted by Gasteiger charge is -2.32. The number of carbonyl (C=O) groups is 1. The van der Waals surface area contributed by atoms with Gasteiger partial charge in [-0.2, -0.15) is 5.10 Å². The number of anilines is 1. The van der Waals surface area contributed by atoms with E-state index >= 15 is 0 Å². The van der Waals surface area contributed by atoms with Crippen molar-refractivity contribution in [2.75, 3.05) is 25.0 Å². The first-order valence-corrected chi connectivity index (χ1v) is 10.3. The molecule has 1 aliphatic carbocycles. The van der Waals surface area contributed by atoms with E-state index in [1.165, 1.54) is 32.0 Å². The summed E-state index contributed by atoms with van der Waals surface area (Å²) >= 11 is 0. The summed E-state index contributed by atoms with van der Waals surface area (Å²) in [4.78, 5) is 23.1. The van der Waals surface area contributed by atoms with Gasteiger partial charge >= 0.3 is 0 Å². The third-order valence-electron chi connectivity index (χ3n) is 5.59. The monoisotopic (exact) mass is 384 g/mol. The largest absolute Gasteiger partial charge is 0.478 e.